The van der Waals surface area contributed by atoms with Crippen molar-refractivity contribution in [3.05, 3.63) is 12.2 Å². The molecule has 1 fully saturated rings. The highest BCUT2D eigenvalue weighted by molar-refractivity contribution is 7.91. The normalized spacial score (nSPS) is 19.1. The van der Waals surface area contributed by atoms with Gasteiger partial charge in [0.25, 0.3) is 5.89 Å². The van der Waals surface area contributed by atoms with Crippen LogP contribution in [0.15, 0.2) is 10.9 Å². The van der Waals surface area contributed by atoms with E-state index in [2.05, 4.69) is 15.5 Å². The quantitative estimate of drug-likeness (QED) is 0.804. The van der Waals surface area contributed by atoms with Gasteiger partial charge in [-0.2, -0.15) is 4.98 Å². The molecule has 2 rings (SSSR count). The topological polar surface area (TPSA) is 94.3 Å². The maximum Gasteiger partial charge on any atom is 0.271 e. The van der Waals surface area contributed by atoms with E-state index in [9.17, 15) is 8.42 Å². The minimum Gasteiger partial charge on any atom is -0.350 e. The largest absolute Gasteiger partial charge is 0.350 e. The zero-order valence-electron chi connectivity index (χ0n) is 11.6. The van der Waals surface area contributed by atoms with Gasteiger partial charge in [-0.3, -0.25) is 0 Å². The molecule has 0 saturated carbocycles. The van der Waals surface area contributed by atoms with Gasteiger partial charge in [0.2, 0.25) is 5.44 Å². The summed E-state index contributed by atoms with van der Waals surface area (Å²) in [4.78, 5) is 3.86. The predicted octanol–water partition coefficient (Wildman–Crippen LogP) is 1.05. The van der Waals surface area contributed by atoms with Crippen LogP contribution >= 0.6 is 0 Å². The highest BCUT2D eigenvalue weighted by Gasteiger charge is 2.34. The molecule has 1 aromatic heterocycles. The number of nitrogens with zero attached hydrogens (tertiary/aromatic N) is 2. The van der Waals surface area contributed by atoms with Gasteiger partial charge in [-0.05, 0) is 32.4 Å². The average Bonchev–Trinajstić information content (AvgIpc) is 2.97. The Morgan fingerprint density at radius 3 is 2.85 bits per heavy atom. The Hall–Kier alpha value is -0.990. The van der Waals surface area contributed by atoms with Crippen LogP contribution in [0.5, 0.6) is 0 Å². The van der Waals surface area contributed by atoms with Crippen LogP contribution in [0, 0.1) is 0 Å². The molecule has 0 spiro atoms. The number of rotatable bonds is 7. The van der Waals surface area contributed by atoms with Crippen LogP contribution in [0.1, 0.15) is 43.9 Å². The average molecular weight is 303 g/mol. The Morgan fingerprint density at radius 2 is 2.25 bits per heavy atom. The second-order valence-corrected chi connectivity index (χ2v) is 7.08. The van der Waals surface area contributed by atoms with Crippen molar-refractivity contribution in [1.82, 2.24) is 15.5 Å². The van der Waals surface area contributed by atoms with Gasteiger partial charge in [0, 0.05) is 0 Å². The summed E-state index contributed by atoms with van der Waals surface area (Å²) >= 11 is 0. The molecule has 1 unspecified atom stereocenters. The first-order chi connectivity index (χ1) is 9.63. The molecule has 2 heterocycles. The fourth-order valence-electron chi connectivity index (χ4n) is 2.14. The van der Waals surface area contributed by atoms with Gasteiger partial charge in [-0.25, -0.2) is 8.42 Å². The number of hydrogen-bond acceptors (Lipinski definition) is 7. The summed E-state index contributed by atoms with van der Waals surface area (Å²) < 4.78 is 35.5. The molecule has 1 N–H and O–H groups in total. The molecule has 0 radical (unpaired) electrons. The Labute approximate surface area is 119 Å². The van der Waals surface area contributed by atoms with Gasteiger partial charge in [0.05, 0.1) is 11.9 Å². The SMILES string of the molecule is CCCCS(=O)(=O)C(OC1CCNCC1)c1ncno1. The minimum atomic E-state index is -3.45. The first kappa shape index (κ1) is 15.4. The molecule has 1 aliphatic heterocycles. The van der Waals surface area contributed by atoms with Gasteiger partial charge >= 0.3 is 0 Å². The van der Waals surface area contributed by atoms with E-state index in [4.69, 9.17) is 9.26 Å². The smallest absolute Gasteiger partial charge is 0.271 e. The molecule has 0 amide bonds. The second-order valence-electron chi connectivity index (χ2n) is 4.92. The first-order valence-electron chi connectivity index (χ1n) is 6.98. The van der Waals surface area contributed by atoms with Crippen molar-refractivity contribution in [1.29, 1.82) is 0 Å². The summed E-state index contributed by atoms with van der Waals surface area (Å²) in [5.74, 6) is 0.0984. The standard InChI is InChI=1S/C12H21N3O4S/c1-2-3-8-20(16,17)12(11-14-9-15-19-11)18-10-4-6-13-7-5-10/h9-10,12-13H,2-8H2,1H3. The molecule has 0 aromatic carbocycles. The summed E-state index contributed by atoms with van der Waals surface area (Å²) in [5.41, 5.74) is -1.14. The highest BCUT2D eigenvalue weighted by atomic mass is 32.2. The van der Waals surface area contributed by atoms with Crippen LogP contribution in [-0.2, 0) is 14.6 Å². The number of nitrogens with one attached hydrogen (secondary N) is 1. The molecule has 1 aliphatic rings. The lowest BCUT2D eigenvalue weighted by Gasteiger charge is -2.26. The number of hydrogen-bond donors (Lipinski definition) is 1. The zero-order valence-corrected chi connectivity index (χ0v) is 12.4. The van der Waals surface area contributed by atoms with Crippen LogP contribution in [0.4, 0.5) is 0 Å². The summed E-state index contributed by atoms with van der Waals surface area (Å²) in [7, 11) is -3.45. The maximum absolute atomic E-state index is 12.4. The molecule has 8 heteroatoms. The summed E-state index contributed by atoms with van der Waals surface area (Å²) in [6, 6.07) is 0. The molecule has 1 aromatic rings. The highest BCUT2D eigenvalue weighted by Crippen LogP contribution is 2.27. The van der Waals surface area contributed by atoms with Crippen molar-refractivity contribution in [3.8, 4) is 0 Å². The fraction of sp³-hybridized carbons (Fsp3) is 0.833. The van der Waals surface area contributed by atoms with Crippen molar-refractivity contribution < 1.29 is 17.7 Å². The Kier molecular flexibility index (Phi) is 5.50. The van der Waals surface area contributed by atoms with Crippen LogP contribution in [0.2, 0.25) is 0 Å². The van der Waals surface area contributed by atoms with E-state index in [0.29, 0.717) is 6.42 Å². The molecular formula is C12H21N3O4S. The Bertz CT molecular complexity index is 483. The van der Waals surface area contributed by atoms with Crippen molar-refractivity contribution in [3.63, 3.8) is 0 Å². The van der Waals surface area contributed by atoms with Gasteiger partial charge in [0.1, 0.15) is 0 Å². The van der Waals surface area contributed by atoms with Crippen molar-refractivity contribution in [2.24, 2.45) is 0 Å². The molecule has 0 aliphatic carbocycles. The Balaban J connectivity index is 2.12. The van der Waals surface area contributed by atoms with Crippen LogP contribution in [0.25, 0.3) is 0 Å². The lowest BCUT2D eigenvalue weighted by atomic mass is 10.1. The maximum atomic E-state index is 12.4. The zero-order chi connectivity index (χ0) is 14.4. The molecule has 0 bridgehead atoms. The van der Waals surface area contributed by atoms with Gasteiger partial charge in [0.15, 0.2) is 16.2 Å². The number of ether oxygens (including phenoxy) is 1. The van der Waals surface area contributed by atoms with Crippen molar-refractivity contribution in [2.75, 3.05) is 18.8 Å². The third kappa shape index (κ3) is 4.00. The van der Waals surface area contributed by atoms with Crippen LogP contribution in [0.3, 0.4) is 0 Å². The van der Waals surface area contributed by atoms with Crippen LogP contribution in [-0.4, -0.2) is 43.5 Å². The first-order valence-corrected chi connectivity index (χ1v) is 8.69. The fourth-order valence-corrected chi connectivity index (χ4v) is 3.78. The minimum absolute atomic E-state index is 0.0274. The van der Waals surface area contributed by atoms with Gasteiger partial charge in [-0.1, -0.05) is 18.5 Å². The monoisotopic (exact) mass is 303 g/mol. The Morgan fingerprint density at radius 1 is 1.50 bits per heavy atom. The molecule has 7 nitrogen and oxygen atoms in total. The number of piperidine rings is 1. The lowest BCUT2D eigenvalue weighted by Crippen LogP contribution is -2.35. The molecule has 1 saturated heterocycles. The third-order valence-corrected chi connectivity index (χ3v) is 5.11. The van der Waals surface area contributed by atoms with E-state index in [-0.39, 0.29) is 17.7 Å². The van der Waals surface area contributed by atoms with E-state index in [0.717, 1.165) is 32.4 Å². The van der Waals surface area contributed by atoms with E-state index >= 15 is 0 Å². The number of unbranched alkanes of at least 4 members (excludes halogenated alkanes) is 1. The molecule has 20 heavy (non-hydrogen) atoms. The predicted molar refractivity (Wildman–Crippen MR) is 72.7 cm³/mol. The number of sulfone groups is 1. The van der Waals surface area contributed by atoms with E-state index < -0.39 is 15.3 Å². The summed E-state index contributed by atoms with van der Waals surface area (Å²) in [5, 5.41) is 6.70. The van der Waals surface area contributed by atoms with E-state index in [1.807, 2.05) is 6.92 Å². The molecule has 114 valence electrons. The molecule has 1 atom stereocenters. The molecular weight excluding hydrogens is 282 g/mol. The van der Waals surface area contributed by atoms with Gasteiger partial charge < -0.3 is 14.6 Å². The summed E-state index contributed by atoms with van der Waals surface area (Å²) in [6.07, 6.45) is 4.08. The van der Waals surface area contributed by atoms with Crippen molar-refractivity contribution >= 4 is 9.84 Å². The third-order valence-electron chi connectivity index (χ3n) is 3.29. The summed E-state index contributed by atoms with van der Waals surface area (Å²) in [6.45, 7) is 3.61. The second kappa shape index (κ2) is 7.14. The van der Waals surface area contributed by atoms with Crippen LogP contribution < -0.4 is 5.32 Å². The van der Waals surface area contributed by atoms with E-state index in [1.165, 1.54) is 6.33 Å². The van der Waals surface area contributed by atoms with Gasteiger partial charge in [-0.15, -0.1) is 0 Å². The van der Waals surface area contributed by atoms with E-state index in [1.54, 1.807) is 0 Å². The lowest BCUT2D eigenvalue weighted by molar-refractivity contribution is -0.00186. The number of aromatic nitrogens is 2. The van der Waals surface area contributed by atoms with Crippen molar-refractivity contribution in [2.45, 2.75) is 44.1 Å².